The minimum absolute atomic E-state index is 0.345. The molecule has 1 rings (SSSR count). The molecule has 0 fully saturated rings. The van der Waals surface area contributed by atoms with Gasteiger partial charge in [-0.15, -0.1) is 0 Å². The van der Waals surface area contributed by atoms with Crippen LogP contribution in [0.25, 0.3) is 0 Å². The molecule has 1 amide bonds. The summed E-state index contributed by atoms with van der Waals surface area (Å²) in [6.45, 7) is 3.77. The van der Waals surface area contributed by atoms with Crippen LogP contribution < -0.4 is 15.2 Å². The van der Waals surface area contributed by atoms with E-state index in [1.807, 2.05) is 13.8 Å². The summed E-state index contributed by atoms with van der Waals surface area (Å²) in [5.74, 6) is 0.635. The first-order chi connectivity index (χ1) is 7.02. The van der Waals surface area contributed by atoms with Crippen molar-refractivity contribution >= 4 is 5.91 Å². The van der Waals surface area contributed by atoms with Crippen molar-refractivity contribution in [3.05, 3.63) is 22.8 Å². The lowest BCUT2D eigenvalue weighted by atomic mass is 10.0. The third-order valence-corrected chi connectivity index (χ3v) is 2.48. The van der Waals surface area contributed by atoms with Gasteiger partial charge in [0.15, 0.2) is 0 Å². The zero-order valence-corrected chi connectivity index (χ0v) is 9.38. The normalized spacial score (nSPS) is 9.87. The predicted molar refractivity (Wildman–Crippen MR) is 57.5 cm³/mol. The second kappa shape index (κ2) is 4.21. The molecule has 4 heteroatoms. The molecular weight excluding hydrogens is 194 g/mol. The van der Waals surface area contributed by atoms with Crippen LogP contribution in [0.4, 0.5) is 0 Å². The predicted octanol–water partition coefficient (Wildman–Crippen LogP) is 1.42. The Hall–Kier alpha value is -1.71. The average Bonchev–Trinajstić information content (AvgIpc) is 2.21. The molecule has 0 saturated carbocycles. The molecule has 0 heterocycles. The maximum Gasteiger partial charge on any atom is 0.252 e. The van der Waals surface area contributed by atoms with Crippen molar-refractivity contribution in [3.63, 3.8) is 0 Å². The molecule has 15 heavy (non-hydrogen) atoms. The number of carbonyl (C=O) groups excluding carboxylic acids is 1. The summed E-state index contributed by atoms with van der Waals surface area (Å²) in [4.78, 5) is 11.2. The van der Waals surface area contributed by atoms with Gasteiger partial charge in [0.1, 0.15) is 11.5 Å². The molecule has 0 aromatic heterocycles. The van der Waals surface area contributed by atoms with Crippen LogP contribution in [-0.2, 0) is 0 Å². The van der Waals surface area contributed by atoms with E-state index in [2.05, 4.69) is 0 Å². The van der Waals surface area contributed by atoms with Gasteiger partial charge in [-0.2, -0.15) is 0 Å². The second-order valence-corrected chi connectivity index (χ2v) is 3.27. The van der Waals surface area contributed by atoms with Crippen LogP contribution >= 0.6 is 0 Å². The summed E-state index contributed by atoms with van der Waals surface area (Å²) in [5, 5.41) is 0. The Balaban J connectivity index is 3.51. The third-order valence-electron chi connectivity index (χ3n) is 2.48. The number of amides is 1. The molecule has 0 unspecified atom stereocenters. The van der Waals surface area contributed by atoms with E-state index in [4.69, 9.17) is 15.2 Å². The van der Waals surface area contributed by atoms with E-state index < -0.39 is 5.91 Å². The summed E-state index contributed by atoms with van der Waals surface area (Å²) < 4.78 is 10.3. The molecule has 0 spiro atoms. The standard InChI is InChI=1S/C11H15NO3/c1-6-7(2)10(15-4)8(11(12)13)5-9(6)14-3/h5H,1-4H3,(H2,12,13). The van der Waals surface area contributed by atoms with Gasteiger partial charge < -0.3 is 15.2 Å². The van der Waals surface area contributed by atoms with Crippen LogP contribution in [0.2, 0.25) is 0 Å². The van der Waals surface area contributed by atoms with E-state index in [0.29, 0.717) is 17.1 Å². The quantitative estimate of drug-likeness (QED) is 0.818. The third kappa shape index (κ3) is 1.88. The molecule has 0 aliphatic rings. The minimum Gasteiger partial charge on any atom is -0.496 e. The highest BCUT2D eigenvalue weighted by molar-refractivity contribution is 5.96. The van der Waals surface area contributed by atoms with E-state index in [0.717, 1.165) is 11.1 Å². The van der Waals surface area contributed by atoms with Crippen molar-refractivity contribution in [2.24, 2.45) is 5.73 Å². The number of methoxy groups -OCH3 is 2. The summed E-state index contributed by atoms with van der Waals surface area (Å²) in [7, 11) is 3.07. The highest BCUT2D eigenvalue weighted by Gasteiger charge is 2.16. The van der Waals surface area contributed by atoms with E-state index in [-0.39, 0.29) is 0 Å². The Labute approximate surface area is 89.0 Å². The highest BCUT2D eigenvalue weighted by Crippen LogP contribution is 2.32. The van der Waals surface area contributed by atoms with Crippen LogP contribution in [0, 0.1) is 13.8 Å². The van der Waals surface area contributed by atoms with Crippen LogP contribution in [0.5, 0.6) is 11.5 Å². The van der Waals surface area contributed by atoms with Crippen LogP contribution in [0.1, 0.15) is 21.5 Å². The molecule has 82 valence electrons. The number of hydrogen-bond donors (Lipinski definition) is 1. The zero-order valence-electron chi connectivity index (χ0n) is 9.38. The molecule has 1 aromatic rings. The fourth-order valence-electron chi connectivity index (χ4n) is 1.52. The van der Waals surface area contributed by atoms with Gasteiger partial charge in [-0.3, -0.25) is 4.79 Å². The van der Waals surface area contributed by atoms with Crippen molar-refractivity contribution in [1.29, 1.82) is 0 Å². The first-order valence-corrected chi connectivity index (χ1v) is 4.54. The van der Waals surface area contributed by atoms with Crippen molar-refractivity contribution in [2.75, 3.05) is 14.2 Å². The van der Waals surface area contributed by atoms with Crippen molar-refractivity contribution in [3.8, 4) is 11.5 Å². The number of nitrogens with two attached hydrogens (primary N) is 1. The number of hydrogen-bond acceptors (Lipinski definition) is 3. The SMILES string of the molecule is COc1cc(C(N)=O)c(OC)c(C)c1C. The van der Waals surface area contributed by atoms with Gasteiger partial charge in [0.25, 0.3) is 5.91 Å². The molecule has 1 aromatic carbocycles. The Bertz CT molecular complexity index is 399. The van der Waals surface area contributed by atoms with Gasteiger partial charge in [0.2, 0.25) is 0 Å². The van der Waals surface area contributed by atoms with Gasteiger partial charge in [-0.25, -0.2) is 0 Å². The fraction of sp³-hybridized carbons (Fsp3) is 0.364. The Kier molecular flexibility index (Phi) is 3.19. The molecule has 2 N–H and O–H groups in total. The Morgan fingerprint density at radius 1 is 1.20 bits per heavy atom. The maximum absolute atomic E-state index is 11.2. The molecule has 0 radical (unpaired) electrons. The smallest absolute Gasteiger partial charge is 0.252 e. The Morgan fingerprint density at radius 3 is 2.20 bits per heavy atom. The number of rotatable bonds is 3. The van der Waals surface area contributed by atoms with Gasteiger partial charge in [-0.1, -0.05) is 0 Å². The summed E-state index contributed by atoms with van der Waals surface area (Å²) in [6.07, 6.45) is 0. The molecular formula is C11H15NO3. The molecule has 0 bridgehead atoms. The zero-order chi connectivity index (χ0) is 11.6. The average molecular weight is 209 g/mol. The Morgan fingerprint density at radius 2 is 1.80 bits per heavy atom. The highest BCUT2D eigenvalue weighted by atomic mass is 16.5. The van der Waals surface area contributed by atoms with Gasteiger partial charge in [0.05, 0.1) is 19.8 Å². The number of carbonyl (C=O) groups is 1. The van der Waals surface area contributed by atoms with Gasteiger partial charge in [0, 0.05) is 0 Å². The van der Waals surface area contributed by atoms with Crippen molar-refractivity contribution < 1.29 is 14.3 Å². The fourth-order valence-corrected chi connectivity index (χ4v) is 1.52. The van der Waals surface area contributed by atoms with Crippen molar-refractivity contribution in [2.45, 2.75) is 13.8 Å². The number of ether oxygens (including phenoxy) is 2. The van der Waals surface area contributed by atoms with Crippen molar-refractivity contribution in [1.82, 2.24) is 0 Å². The topological polar surface area (TPSA) is 61.5 Å². The minimum atomic E-state index is -0.520. The first-order valence-electron chi connectivity index (χ1n) is 4.54. The second-order valence-electron chi connectivity index (χ2n) is 3.27. The van der Waals surface area contributed by atoms with E-state index in [9.17, 15) is 4.79 Å². The maximum atomic E-state index is 11.2. The summed E-state index contributed by atoms with van der Waals surface area (Å²) in [5.41, 5.74) is 7.41. The molecule has 0 saturated heterocycles. The molecule has 4 nitrogen and oxygen atoms in total. The van der Waals surface area contributed by atoms with Crippen LogP contribution in [0.3, 0.4) is 0 Å². The van der Waals surface area contributed by atoms with Crippen LogP contribution in [-0.4, -0.2) is 20.1 Å². The molecule has 0 aliphatic heterocycles. The summed E-state index contributed by atoms with van der Waals surface area (Å²) in [6, 6.07) is 1.60. The summed E-state index contributed by atoms with van der Waals surface area (Å²) >= 11 is 0. The monoisotopic (exact) mass is 209 g/mol. The molecule has 0 aliphatic carbocycles. The lowest BCUT2D eigenvalue weighted by Crippen LogP contribution is -2.14. The lowest BCUT2D eigenvalue weighted by Gasteiger charge is -2.14. The number of primary amides is 1. The van der Waals surface area contributed by atoms with Gasteiger partial charge in [-0.05, 0) is 31.0 Å². The lowest BCUT2D eigenvalue weighted by molar-refractivity contribution is 0.0997. The van der Waals surface area contributed by atoms with E-state index in [1.54, 1.807) is 13.2 Å². The largest absolute Gasteiger partial charge is 0.496 e. The van der Waals surface area contributed by atoms with E-state index in [1.165, 1.54) is 7.11 Å². The van der Waals surface area contributed by atoms with E-state index >= 15 is 0 Å². The van der Waals surface area contributed by atoms with Crippen LogP contribution in [0.15, 0.2) is 6.07 Å². The first kappa shape index (κ1) is 11.4. The van der Waals surface area contributed by atoms with Gasteiger partial charge >= 0.3 is 0 Å². The molecule has 0 atom stereocenters. The number of benzene rings is 1.